The van der Waals surface area contributed by atoms with Crippen LogP contribution in [0.1, 0.15) is 58.8 Å². The van der Waals surface area contributed by atoms with Crippen molar-refractivity contribution in [3.8, 4) is 0 Å². The highest BCUT2D eigenvalue weighted by atomic mass is 16.5. The molecule has 0 N–H and O–H groups in total. The van der Waals surface area contributed by atoms with E-state index in [0.29, 0.717) is 0 Å². The molecular weight excluding hydrogens is 234 g/mol. The van der Waals surface area contributed by atoms with E-state index in [4.69, 9.17) is 4.74 Å². The number of hydrogen-bond acceptors (Lipinski definition) is 2. The van der Waals surface area contributed by atoms with Crippen LogP contribution in [0.15, 0.2) is 0 Å². The molecule has 2 aliphatic rings. The maximum atomic E-state index is 5.78. The summed E-state index contributed by atoms with van der Waals surface area (Å²) in [6.45, 7) is 10.7. The molecule has 0 spiro atoms. The molecule has 19 heavy (non-hydrogen) atoms. The second kappa shape index (κ2) is 8.26. The number of piperidine rings is 1. The molecular formula is C17H33NO. The van der Waals surface area contributed by atoms with E-state index in [2.05, 4.69) is 18.7 Å². The van der Waals surface area contributed by atoms with Crippen molar-refractivity contribution < 1.29 is 4.74 Å². The minimum absolute atomic E-state index is 0.850. The van der Waals surface area contributed by atoms with Crippen LogP contribution < -0.4 is 0 Å². The van der Waals surface area contributed by atoms with Gasteiger partial charge in [0.2, 0.25) is 0 Å². The first-order chi connectivity index (χ1) is 9.31. The van der Waals surface area contributed by atoms with Crippen molar-refractivity contribution in [2.45, 2.75) is 58.8 Å². The fourth-order valence-corrected chi connectivity index (χ4v) is 3.62. The van der Waals surface area contributed by atoms with Gasteiger partial charge in [-0.05, 0) is 69.5 Å². The summed E-state index contributed by atoms with van der Waals surface area (Å²) in [5, 5.41) is 0. The highest BCUT2D eigenvalue weighted by Gasteiger charge is 2.37. The molecule has 0 aromatic carbocycles. The van der Waals surface area contributed by atoms with E-state index in [9.17, 15) is 0 Å². The fourth-order valence-electron chi connectivity index (χ4n) is 3.62. The average molecular weight is 267 g/mol. The summed E-state index contributed by atoms with van der Waals surface area (Å²) in [7, 11) is 0. The number of hydrogen-bond donors (Lipinski definition) is 0. The number of unbranched alkanes of at least 4 members (excludes halogenated alkanes) is 1. The molecule has 0 aromatic rings. The van der Waals surface area contributed by atoms with Crippen LogP contribution in [0.4, 0.5) is 0 Å². The largest absolute Gasteiger partial charge is 0.381 e. The Labute approximate surface area is 119 Å². The highest BCUT2D eigenvalue weighted by Crippen LogP contribution is 2.42. The Morgan fingerprint density at radius 1 is 1.11 bits per heavy atom. The molecule has 1 aliphatic carbocycles. The third kappa shape index (κ3) is 4.75. The molecule has 2 rings (SSSR count). The molecule has 2 heteroatoms. The quantitative estimate of drug-likeness (QED) is 0.617. The maximum Gasteiger partial charge on any atom is 0.0497 e. The van der Waals surface area contributed by atoms with E-state index >= 15 is 0 Å². The van der Waals surface area contributed by atoms with Gasteiger partial charge in [-0.2, -0.15) is 0 Å². The maximum absolute atomic E-state index is 5.78. The molecule has 0 aromatic heterocycles. The lowest BCUT2D eigenvalue weighted by atomic mass is 9.64. The Kier molecular flexibility index (Phi) is 6.66. The molecule has 2 fully saturated rings. The molecule has 1 saturated carbocycles. The molecule has 2 nitrogen and oxygen atoms in total. The molecule has 1 saturated heterocycles. The van der Waals surface area contributed by atoms with Crippen molar-refractivity contribution in [3.05, 3.63) is 0 Å². The first-order valence-corrected chi connectivity index (χ1v) is 8.61. The van der Waals surface area contributed by atoms with E-state index in [0.717, 1.165) is 31.0 Å². The predicted octanol–water partition coefficient (Wildman–Crippen LogP) is 3.95. The minimum Gasteiger partial charge on any atom is -0.381 e. The van der Waals surface area contributed by atoms with Gasteiger partial charge in [0, 0.05) is 13.2 Å². The zero-order valence-electron chi connectivity index (χ0n) is 13.1. The predicted molar refractivity (Wildman–Crippen MR) is 81.4 cm³/mol. The monoisotopic (exact) mass is 267 g/mol. The van der Waals surface area contributed by atoms with Gasteiger partial charge < -0.3 is 9.64 Å². The number of likely N-dealkylation sites (tertiary alicyclic amines) is 1. The van der Waals surface area contributed by atoms with Crippen molar-refractivity contribution in [1.82, 2.24) is 4.90 Å². The first kappa shape index (κ1) is 15.3. The Balaban J connectivity index is 1.52. The van der Waals surface area contributed by atoms with Gasteiger partial charge in [-0.15, -0.1) is 0 Å². The van der Waals surface area contributed by atoms with Crippen LogP contribution >= 0.6 is 0 Å². The van der Waals surface area contributed by atoms with Crippen molar-refractivity contribution in [1.29, 1.82) is 0 Å². The van der Waals surface area contributed by atoms with Gasteiger partial charge in [-0.25, -0.2) is 0 Å². The number of rotatable bonds is 8. The SMILES string of the molecule is CCCCOC[C@@H]1C[C@H](CCN2CCCCC2)[C@@H]1C. The standard InChI is InChI=1S/C17H33NO/c1-3-4-12-19-14-17-13-16(15(17)2)8-11-18-9-6-5-7-10-18/h15-17H,3-14H2,1-2H3/t15-,16-,17-/m0/s1. The third-order valence-electron chi connectivity index (χ3n) is 5.33. The molecule has 0 unspecified atom stereocenters. The lowest BCUT2D eigenvalue weighted by Crippen LogP contribution is -2.40. The molecule has 0 radical (unpaired) electrons. The Morgan fingerprint density at radius 3 is 2.58 bits per heavy atom. The summed E-state index contributed by atoms with van der Waals surface area (Å²) in [5.74, 6) is 2.72. The van der Waals surface area contributed by atoms with Gasteiger partial charge in [-0.1, -0.05) is 26.7 Å². The molecule has 3 atom stereocenters. The lowest BCUT2D eigenvalue weighted by Gasteiger charge is -2.44. The van der Waals surface area contributed by atoms with Crippen LogP contribution in [-0.2, 0) is 4.74 Å². The van der Waals surface area contributed by atoms with Crippen LogP contribution in [-0.4, -0.2) is 37.7 Å². The highest BCUT2D eigenvalue weighted by molar-refractivity contribution is 4.87. The Morgan fingerprint density at radius 2 is 1.89 bits per heavy atom. The van der Waals surface area contributed by atoms with Gasteiger partial charge in [0.15, 0.2) is 0 Å². The second-order valence-corrected chi connectivity index (χ2v) is 6.73. The van der Waals surface area contributed by atoms with Crippen molar-refractivity contribution in [2.24, 2.45) is 17.8 Å². The fraction of sp³-hybridized carbons (Fsp3) is 1.00. The van der Waals surface area contributed by atoms with Crippen LogP contribution in [0.25, 0.3) is 0 Å². The van der Waals surface area contributed by atoms with E-state index in [-0.39, 0.29) is 0 Å². The molecule has 0 bridgehead atoms. The van der Waals surface area contributed by atoms with E-state index in [1.165, 1.54) is 64.6 Å². The summed E-state index contributed by atoms with van der Waals surface area (Å²) >= 11 is 0. The number of nitrogens with zero attached hydrogens (tertiary/aromatic N) is 1. The van der Waals surface area contributed by atoms with Crippen molar-refractivity contribution in [2.75, 3.05) is 32.8 Å². The normalized spacial score (nSPS) is 32.2. The van der Waals surface area contributed by atoms with Gasteiger partial charge in [0.1, 0.15) is 0 Å². The lowest BCUT2D eigenvalue weighted by molar-refractivity contribution is -0.0108. The average Bonchev–Trinajstić information content (AvgIpc) is 2.45. The first-order valence-electron chi connectivity index (χ1n) is 8.61. The Bertz CT molecular complexity index is 237. The molecule has 0 amide bonds. The zero-order chi connectivity index (χ0) is 13.5. The minimum atomic E-state index is 0.850. The van der Waals surface area contributed by atoms with Crippen LogP contribution in [0.3, 0.4) is 0 Å². The summed E-state index contributed by atoms with van der Waals surface area (Å²) in [5.41, 5.74) is 0. The van der Waals surface area contributed by atoms with E-state index in [1.54, 1.807) is 0 Å². The molecule has 1 aliphatic heterocycles. The van der Waals surface area contributed by atoms with Crippen LogP contribution in [0, 0.1) is 17.8 Å². The summed E-state index contributed by atoms with van der Waals surface area (Å²) < 4.78 is 5.78. The smallest absolute Gasteiger partial charge is 0.0497 e. The molecule has 112 valence electrons. The van der Waals surface area contributed by atoms with Crippen molar-refractivity contribution >= 4 is 0 Å². The Hall–Kier alpha value is -0.0800. The van der Waals surface area contributed by atoms with Gasteiger partial charge in [0.25, 0.3) is 0 Å². The summed E-state index contributed by atoms with van der Waals surface area (Å²) in [4.78, 5) is 2.68. The zero-order valence-corrected chi connectivity index (χ0v) is 13.1. The number of ether oxygens (including phenoxy) is 1. The van der Waals surface area contributed by atoms with Gasteiger partial charge >= 0.3 is 0 Å². The second-order valence-electron chi connectivity index (χ2n) is 6.73. The van der Waals surface area contributed by atoms with Gasteiger partial charge in [0.05, 0.1) is 0 Å². The van der Waals surface area contributed by atoms with Crippen molar-refractivity contribution in [3.63, 3.8) is 0 Å². The summed E-state index contributed by atoms with van der Waals surface area (Å²) in [6.07, 6.45) is 9.61. The topological polar surface area (TPSA) is 12.5 Å². The van der Waals surface area contributed by atoms with Gasteiger partial charge in [-0.3, -0.25) is 0 Å². The van der Waals surface area contributed by atoms with Crippen LogP contribution in [0.2, 0.25) is 0 Å². The van der Waals surface area contributed by atoms with E-state index in [1.807, 2.05) is 0 Å². The molecule has 1 heterocycles. The summed E-state index contributed by atoms with van der Waals surface area (Å²) in [6, 6.07) is 0. The third-order valence-corrected chi connectivity index (χ3v) is 5.33. The van der Waals surface area contributed by atoms with Crippen LogP contribution in [0.5, 0.6) is 0 Å². The van der Waals surface area contributed by atoms with E-state index < -0.39 is 0 Å².